The van der Waals surface area contributed by atoms with Crippen molar-refractivity contribution < 1.29 is 10.2 Å². The average Bonchev–Trinajstić information content (AvgIpc) is 2.97. The van der Waals surface area contributed by atoms with Crippen molar-refractivity contribution in [1.82, 2.24) is 4.98 Å². The molecule has 1 aromatic heterocycles. The van der Waals surface area contributed by atoms with Crippen LogP contribution in [0.25, 0.3) is 10.9 Å². The van der Waals surface area contributed by atoms with Crippen molar-refractivity contribution in [3.63, 3.8) is 0 Å². The Kier molecular flexibility index (Phi) is 2.94. The van der Waals surface area contributed by atoms with E-state index < -0.39 is 6.10 Å². The first-order chi connectivity index (χ1) is 10.6. The number of hydrogen-bond acceptors (Lipinski definition) is 3. The molecule has 2 heterocycles. The summed E-state index contributed by atoms with van der Waals surface area (Å²) in [6.07, 6.45) is -0.893. The molecule has 0 bridgehead atoms. The Morgan fingerprint density at radius 3 is 2.59 bits per heavy atom. The fourth-order valence-electron chi connectivity index (χ4n) is 2.79. The van der Waals surface area contributed by atoms with Gasteiger partial charge in [-0.1, -0.05) is 41.4 Å². The van der Waals surface area contributed by atoms with E-state index in [0.29, 0.717) is 43.5 Å². The van der Waals surface area contributed by atoms with Gasteiger partial charge in [0.1, 0.15) is 6.10 Å². The van der Waals surface area contributed by atoms with Crippen LogP contribution in [0.4, 0.5) is 5.69 Å². The molecule has 2 aromatic carbocycles. The van der Waals surface area contributed by atoms with Gasteiger partial charge in [-0.2, -0.15) is 0 Å². The lowest BCUT2D eigenvalue weighted by atomic mass is 10.0. The van der Waals surface area contributed by atoms with Crippen LogP contribution < -0.4 is 0 Å². The van der Waals surface area contributed by atoms with Crippen molar-refractivity contribution in [3.05, 3.63) is 57.6 Å². The second-order valence-electron chi connectivity index (χ2n) is 5.12. The van der Waals surface area contributed by atoms with Gasteiger partial charge in [0, 0.05) is 10.9 Å². The summed E-state index contributed by atoms with van der Waals surface area (Å²) in [6, 6.07) is 10.6. The third-order valence-electron chi connectivity index (χ3n) is 3.81. The number of aromatic hydroxyl groups is 1. The lowest BCUT2D eigenvalue weighted by Gasteiger charge is -2.07. The number of rotatable bonds is 1. The molecule has 1 aliphatic rings. The third kappa shape index (κ3) is 1.85. The fraction of sp³-hybridized carbons (Fsp3) is 0.0625. The minimum Gasteiger partial charge on any atom is -0.494 e. The van der Waals surface area contributed by atoms with Crippen LogP contribution in [0.5, 0.6) is 5.88 Å². The Morgan fingerprint density at radius 2 is 1.82 bits per heavy atom. The van der Waals surface area contributed by atoms with E-state index in [2.05, 4.69) is 9.98 Å². The van der Waals surface area contributed by atoms with E-state index in [0.717, 1.165) is 0 Å². The van der Waals surface area contributed by atoms with Gasteiger partial charge in [-0.05, 0) is 18.2 Å². The molecule has 6 heteroatoms. The van der Waals surface area contributed by atoms with Crippen molar-refractivity contribution in [2.75, 3.05) is 0 Å². The number of H-pyrrole nitrogens is 1. The minimum atomic E-state index is -0.893. The molecule has 0 saturated heterocycles. The van der Waals surface area contributed by atoms with Crippen LogP contribution in [0.2, 0.25) is 10.0 Å². The molecule has 1 aliphatic heterocycles. The van der Waals surface area contributed by atoms with Gasteiger partial charge in [-0.15, -0.1) is 0 Å². The molecule has 1 atom stereocenters. The summed E-state index contributed by atoms with van der Waals surface area (Å²) in [4.78, 5) is 7.29. The molecule has 0 amide bonds. The van der Waals surface area contributed by atoms with Crippen LogP contribution >= 0.6 is 23.2 Å². The van der Waals surface area contributed by atoms with Gasteiger partial charge in [0.25, 0.3) is 0 Å². The second kappa shape index (κ2) is 4.74. The minimum absolute atomic E-state index is 0.0704. The number of aromatic amines is 1. The van der Waals surface area contributed by atoms with E-state index in [4.69, 9.17) is 23.2 Å². The molecular weight excluding hydrogens is 323 g/mol. The maximum absolute atomic E-state index is 10.5. The van der Waals surface area contributed by atoms with E-state index in [-0.39, 0.29) is 5.88 Å². The van der Waals surface area contributed by atoms with Gasteiger partial charge >= 0.3 is 0 Å². The zero-order valence-electron chi connectivity index (χ0n) is 11.1. The van der Waals surface area contributed by atoms with Crippen LogP contribution in [0, 0.1) is 0 Å². The molecule has 0 saturated carbocycles. The van der Waals surface area contributed by atoms with Crippen LogP contribution in [-0.4, -0.2) is 20.9 Å². The quantitative estimate of drug-likeness (QED) is 0.620. The zero-order chi connectivity index (χ0) is 15.4. The Labute approximate surface area is 135 Å². The molecule has 0 fully saturated rings. The number of aliphatic hydroxyl groups excluding tert-OH is 1. The number of halogens is 2. The van der Waals surface area contributed by atoms with Gasteiger partial charge in [-0.25, -0.2) is 4.99 Å². The summed E-state index contributed by atoms with van der Waals surface area (Å²) < 4.78 is 0. The van der Waals surface area contributed by atoms with E-state index in [9.17, 15) is 10.2 Å². The Balaban J connectivity index is 1.97. The smallest absolute Gasteiger partial charge is 0.198 e. The SMILES string of the molecule is Oc1[nH]c2cc(Cl)c(Cl)cc2c1C1=Nc2ccccc2C1O. The molecule has 4 nitrogen and oxygen atoms in total. The summed E-state index contributed by atoms with van der Waals surface area (Å²) in [6.45, 7) is 0. The van der Waals surface area contributed by atoms with Gasteiger partial charge in [-0.3, -0.25) is 0 Å². The van der Waals surface area contributed by atoms with Crippen LogP contribution in [0.1, 0.15) is 17.2 Å². The van der Waals surface area contributed by atoms with Gasteiger partial charge in [0.2, 0.25) is 0 Å². The molecule has 4 rings (SSSR count). The predicted octanol–water partition coefficient (Wildman–Crippen LogP) is 4.35. The highest BCUT2D eigenvalue weighted by molar-refractivity contribution is 6.43. The molecular formula is C16H10Cl2N2O2. The fourth-order valence-corrected chi connectivity index (χ4v) is 3.11. The van der Waals surface area contributed by atoms with E-state index in [1.54, 1.807) is 12.1 Å². The lowest BCUT2D eigenvalue weighted by Crippen LogP contribution is -2.08. The number of nitrogens with zero attached hydrogens (tertiary/aromatic N) is 1. The highest BCUT2D eigenvalue weighted by Crippen LogP contribution is 2.41. The summed E-state index contributed by atoms with van der Waals surface area (Å²) in [5, 5.41) is 22.2. The second-order valence-corrected chi connectivity index (χ2v) is 5.93. The van der Waals surface area contributed by atoms with Gasteiger partial charge < -0.3 is 15.2 Å². The number of benzene rings is 2. The number of nitrogens with one attached hydrogen (secondary N) is 1. The first-order valence-electron chi connectivity index (χ1n) is 6.62. The standard InChI is InChI=1S/C16H10Cl2N2O2/c17-9-5-8-12(6-10(9)18)20-16(22)13(8)14-15(21)7-3-1-2-4-11(7)19-14/h1-6,15,20-22H. The number of para-hydroxylation sites is 1. The number of aliphatic imine (C=N–C) groups is 1. The number of hydrogen-bond donors (Lipinski definition) is 3. The third-order valence-corrected chi connectivity index (χ3v) is 4.53. The molecule has 110 valence electrons. The zero-order valence-corrected chi connectivity index (χ0v) is 12.7. The highest BCUT2D eigenvalue weighted by atomic mass is 35.5. The molecule has 0 radical (unpaired) electrons. The monoisotopic (exact) mass is 332 g/mol. The molecule has 3 N–H and O–H groups in total. The average molecular weight is 333 g/mol. The maximum atomic E-state index is 10.5. The van der Waals surface area contributed by atoms with Crippen molar-refractivity contribution in [2.24, 2.45) is 4.99 Å². The van der Waals surface area contributed by atoms with E-state index in [1.807, 2.05) is 24.3 Å². The molecule has 0 spiro atoms. The molecule has 0 aliphatic carbocycles. The molecule has 1 unspecified atom stereocenters. The number of fused-ring (bicyclic) bond motifs is 2. The Hall–Kier alpha value is -2.01. The largest absolute Gasteiger partial charge is 0.494 e. The van der Waals surface area contributed by atoms with E-state index >= 15 is 0 Å². The van der Waals surface area contributed by atoms with Crippen LogP contribution in [-0.2, 0) is 0 Å². The van der Waals surface area contributed by atoms with Crippen molar-refractivity contribution >= 4 is 45.5 Å². The maximum Gasteiger partial charge on any atom is 0.198 e. The van der Waals surface area contributed by atoms with Crippen LogP contribution in [0.15, 0.2) is 41.4 Å². The van der Waals surface area contributed by atoms with Crippen molar-refractivity contribution in [2.45, 2.75) is 6.10 Å². The number of aromatic nitrogens is 1. The normalized spacial score (nSPS) is 16.9. The van der Waals surface area contributed by atoms with E-state index in [1.165, 1.54) is 0 Å². The number of aliphatic hydroxyl groups is 1. The Bertz CT molecular complexity index is 947. The summed E-state index contributed by atoms with van der Waals surface area (Å²) in [5.41, 5.74) is 2.87. The predicted molar refractivity (Wildman–Crippen MR) is 87.6 cm³/mol. The van der Waals surface area contributed by atoms with Crippen LogP contribution in [0.3, 0.4) is 0 Å². The van der Waals surface area contributed by atoms with Crippen molar-refractivity contribution in [3.8, 4) is 5.88 Å². The topological polar surface area (TPSA) is 68.6 Å². The summed E-state index contributed by atoms with van der Waals surface area (Å²) in [7, 11) is 0. The first kappa shape index (κ1) is 13.6. The summed E-state index contributed by atoms with van der Waals surface area (Å²) in [5.74, 6) is -0.0704. The summed E-state index contributed by atoms with van der Waals surface area (Å²) >= 11 is 12.1. The molecule has 3 aromatic rings. The Morgan fingerprint density at radius 1 is 1.09 bits per heavy atom. The van der Waals surface area contributed by atoms with Gasteiger partial charge in [0.05, 0.1) is 32.5 Å². The van der Waals surface area contributed by atoms with Gasteiger partial charge in [0.15, 0.2) is 5.88 Å². The first-order valence-corrected chi connectivity index (χ1v) is 7.37. The highest BCUT2D eigenvalue weighted by Gasteiger charge is 2.30. The lowest BCUT2D eigenvalue weighted by molar-refractivity contribution is 0.252. The molecule has 22 heavy (non-hydrogen) atoms. The van der Waals surface area contributed by atoms with Crippen molar-refractivity contribution in [1.29, 1.82) is 0 Å².